The summed E-state index contributed by atoms with van der Waals surface area (Å²) in [6.07, 6.45) is 2.29. The van der Waals surface area contributed by atoms with Gasteiger partial charge < -0.3 is 9.63 Å². The van der Waals surface area contributed by atoms with E-state index >= 15 is 0 Å². The van der Waals surface area contributed by atoms with E-state index in [0.29, 0.717) is 5.69 Å². The summed E-state index contributed by atoms with van der Waals surface area (Å²) in [5.74, 6) is -2.47. The van der Waals surface area contributed by atoms with Gasteiger partial charge in [-0.1, -0.05) is 0 Å². The van der Waals surface area contributed by atoms with Gasteiger partial charge in [0.1, 0.15) is 5.78 Å². The first-order chi connectivity index (χ1) is 11.4. The highest BCUT2D eigenvalue weighted by Crippen LogP contribution is 2.19. The second-order valence-electron chi connectivity index (χ2n) is 5.01. The van der Waals surface area contributed by atoms with Crippen molar-refractivity contribution >= 4 is 35.2 Å². The van der Waals surface area contributed by atoms with Crippen molar-refractivity contribution in [1.82, 2.24) is 5.48 Å². The second kappa shape index (κ2) is 7.32. The molecule has 0 bridgehead atoms. The molecule has 2 rings (SSSR count). The summed E-state index contributed by atoms with van der Waals surface area (Å²) in [6, 6.07) is 5.55. The molecule has 0 saturated carbocycles. The van der Waals surface area contributed by atoms with Crippen LogP contribution in [0, 0.1) is 0 Å². The summed E-state index contributed by atoms with van der Waals surface area (Å²) in [7, 11) is 0. The molecular formula is C16H14N2O6. The molecule has 1 N–H and O–H groups in total. The van der Waals surface area contributed by atoms with Crippen molar-refractivity contribution < 1.29 is 28.8 Å². The molecule has 0 fully saturated rings. The van der Waals surface area contributed by atoms with Crippen LogP contribution in [0.3, 0.4) is 0 Å². The van der Waals surface area contributed by atoms with E-state index in [2.05, 4.69) is 4.84 Å². The first-order valence-electron chi connectivity index (χ1n) is 7.04. The number of hydrogen-bond acceptors (Lipinski definition) is 6. The van der Waals surface area contributed by atoms with Gasteiger partial charge >= 0.3 is 5.97 Å². The van der Waals surface area contributed by atoms with Crippen LogP contribution in [-0.4, -0.2) is 29.5 Å². The third kappa shape index (κ3) is 4.13. The molecule has 1 heterocycles. The Hall–Kier alpha value is -3.29. The van der Waals surface area contributed by atoms with Crippen LogP contribution in [0.2, 0.25) is 0 Å². The van der Waals surface area contributed by atoms with E-state index in [1.807, 2.05) is 5.48 Å². The number of imide groups is 1. The van der Waals surface area contributed by atoms with Crippen molar-refractivity contribution in [2.75, 3.05) is 4.90 Å². The molecule has 3 amide bonds. The van der Waals surface area contributed by atoms with Crippen LogP contribution in [0.5, 0.6) is 0 Å². The lowest BCUT2D eigenvalue weighted by Gasteiger charge is -2.13. The number of rotatable bonds is 5. The third-order valence-electron chi connectivity index (χ3n) is 3.13. The van der Waals surface area contributed by atoms with Gasteiger partial charge in [-0.05, 0) is 31.2 Å². The summed E-state index contributed by atoms with van der Waals surface area (Å²) >= 11 is 0. The smallest absolute Gasteiger partial charge is 0.335 e. The number of benzene rings is 1. The number of hydrogen-bond donors (Lipinski definition) is 1. The summed E-state index contributed by atoms with van der Waals surface area (Å²) in [4.78, 5) is 62.6. The number of nitrogens with one attached hydrogen (secondary N) is 1. The largest absolute Gasteiger partial charge is 0.362 e. The standard InChI is InChI=1S/C16H14N2O6/c1-10(19)2-7-13(20)17-24-16(23)11-3-5-12(6-4-11)18-14(21)8-9-15(18)22/h3-6,8-9H,2,7H2,1H3,(H,17,20). The number of nitrogens with zero attached hydrogens (tertiary/aromatic N) is 1. The summed E-state index contributed by atoms with van der Waals surface area (Å²) in [6.45, 7) is 1.35. The fraction of sp³-hybridized carbons (Fsp3) is 0.188. The predicted octanol–water partition coefficient (Wildman–Crippen LogP) is 0.673. The van der Waals surface area contributed by atoms with Crippen molar-refractivity contribution in [3.63, 3.8) is 0 Å². The number of Topliss-reactive ketones (excluding diaryl/α,β-unsaturated/α-hetero) is 1. The summed E-state index contributed by atoms with van der Waals surface area (Å²) in [5, 5.41) is 0. The molecule has 0 saturated heterocycles. The first kappa shape index (κ1) is 17.1. The van der Waals surface area contributed by atoms with Crippen LogP contribution in [0.25, 0.3) is 0 Å². The molecule has 0 aromatic heterocycles. The van der Waals surface area contributed by atoms with E-state index in [0.717, 1.165) is 17.1 Å². The number of anilines is 1. The minimum atomic E-state index is -0.810. The Kier molecular flexibility index (Phi) is 5.20. The zero-order valence-corrected chi connectivity index (χ0v) is 12.8. The minimum Gasteiger partial charge on any atom is -0.335 e. The Labute approximate surface area is 137 Å². The molecule has 1 aromatic carbocycles. The second-order valence-corrected chi connectivity index (χ2v) is 5.01. The topological polar surface area (TPSA) is 110 Å². The molecule has 0 atom stereocenters. The molecule has 8 nitrogen and oxygen atoms in total. The maximum atomic E-state index is 11.8. The molecule has 24 heavy (non-hydrogen) atoms. The molecule has 124 valence electrons. The Morgan fingerprint density at radius 1 is 1.00 bits per heavy atom. The first-order valence-corrected chi connectivity index (χ1v) is 7.04. The van der Waals surface area contributed by atoms with Crippen LogP contribution in [0.1, 0.15) is 30.1 Å². The van der Waals surface area contributed by atoms with Crippen molar-refractivity contribution in [3.05, 3.63) is 42.0 Å². The zero-order valence-electron chi connectivity index (χ0n) is 12.8. The van der Waals surface area contributed by atoms with Crippen LogP contribution in [0.4, 0.5) is 5.69 Å². The highest BCUT2D eigenvalue weighted by atomic mass is 16.7. The van der Waals surface area contributed by atoms with Crippen molar-refractivity contribution in [3.8, 4) is 0 Å². The number of amides is 3. The number of ketones is 1. The van der Waals surface area contributed by atoms with Crippen LogP contribution < -0.4 is 10.4 Å². The lowest BCUT2D eigenvalue weighted by atomic mass is 10.2. The van der Waals surface area contributed by atoms with Gasteiger partial charge in [0.05, 0.1) is 11.3 Å². The summed E-state index contributed by atoms with van der Waals surface area (Å²) in [5.41, 5.74) is 2.39. The molecule has 0 unspecified atom stereocenters. The highest BCUT2D eigenvalue weighted by Gasteiger charge is 2.25. The van der Waals surface area contributed by atoms with E-state index in [-0.39, 0.29) is 24.2 Å². The molecule has 1 aromatic rings. The molecule has 1 aliphatic rings. The van der Waals surface area contributed by atoms with E-state index in [1.54, 1.807) is 0 Å². The lowest BCUT2D eigenvalue weighted by molar-refractivity contribution is -0.131. The average Bonchev–Trinajstić information content (AvgIpc) is 2.89. The van der Waals surface area contributed by atoms with Crippen LogP contribution in [-0.2, 0) is 24.0 Å². The monoisotopic (exact) mass is 330 g/mol. The van der Waals surface area contributed by atoms with Crippen LogP contribution >= 0.6 is 0 Å². The Morgan fingerprint density at radius 2 is 1.58 bits per heavy atom. The van der Waals surface area contributed by atoms with Gasteiger partial charge in [0, 0.05) is 25.0 Å². The van der Waals surface area contributed by atoms with Crippen molar-refractivity contribution in [2.24, 2.45) is 0 Å². The highest BCUT2D eigenvalue weighted by molar-refractivity contribution is 6.28. The molecule has 0 spiro atoms. The van der Waals surface area contributed by atoms with Gasteiger partial charge in [-0.15, -0.1) is 0 Å². The minimum absolute atomic E-state index is 0.0595. The Morgan fingerprint density at radius 3 is 2.12 bits per heavy atom. The van der Waals surface area contributed by atoms with Gasteiger partial charge in [0.2, 0.25) is 0 Å². The Balaban J connectivity index is 1.92. The van der Waals surface area contributed by atoms with Gasteiger partial charge in [0.25, 0.3) is 17.7 Å². The van der Waals surface area contributed by atoms with Gasteiger partial charge in [-0.2, -0.15) is 5.48 Å². The molecule has 8 heteroatoms. The fourth-order valence-corrected chi connectivity index (χ4v) is 1.90. The molecule has 0 aliphatic carbocycles. The Bertz CT molecular complexity index is 717. The van der Waals surface area contributed by atoms with Crippen molar-refractivity contribution in [1.29, 1.82) is 0 Å². The van der Waals surface area contributed by atoms with E-state index < -0.39 is 23.7 Å². The molecule has 0 radical (unpaired) electrons. The maximum absolute atomic E-state index is 11.8. The quantitative estimate of drug-likeness (QED) is 0.628. The zero-order chi connectivity index (χ0) is 17.7. The van der Waals surface area contributed by atoms with Crippen molar-refractivity contribution in [2.45, 2.75) is 19.8 Å². The molecule has 1 aliphatic heterocycles. The number of hydroxylamine groups is 1. The van der Waals surface area contributed by atoms with Crippen LogP contribution in [0.15, 0.2) is 36.4 Å². The van der Waals surface area contributed by atoms with Gasteiger partial charge in [-0.25, -0.2) is 9.69 Å². The third-order valence-corrected chi connectivity index (χ3v) is 3.13. The predicted molar refractivity (Wildman–Crippen MR) is 81.5 cm³/mol. The lowest BCUT2D eigenvalue weighted by Crippen LogP contribution is -2.29. The maximum Gasteiger partial charge on any atom is 0.362 e. The average molecular weight is 330 g/mol. The van der Waals surface area contributed by atoms with E-state index in [9.17, 15) is 24.0 Å². The normalized spacial score (nSPS) is 13.1. The summed E-state index contributed by atoms with van der Waals surface area (Å²) < 4.78 is 0. The number of carbonyl (C=O) groups excluding carboxylic acids is 5. The van der Waals surface area contributed by atoms with Gasteiger partial charge in [-0.3, -0.25) is 14.4 Å². The fourth-order valence-electron chi connectivity index (χ4n) is 1.90. The van der Waals surface area contributed by atoms with Gasteiger partial charge in [0.15, 0.2) is 0 Å². The van der Waals surface area contributed by atoms with E-state index in [4.69, 9.17) is 0 Å². The number of carbonyl (C=O) groups is 5. The van der Waals surface area contributed by atoms with E-state index in [1.165, 1.54) is 31.2 Å². The molecular weight excluding hydrogens is 316 g/mol. The SMILES string of the molecule is CC(=O)CCC(=O)NOC(=O)c1ccc(N2C(=O)C=CC2=O)cc1.